The van der Waals surface area contributed by atoms with Crippen LogP contribution >= 0.6 is 18.8 Å². The minimum atomic E-state index is -3.78. The Bertz CT molecular complexity index is 435. The first kappa shape index (κ1) is 15.2. The van der Waals surface area contributed by atoms with Gasteiger partial charge in [0, 0.05) is 14.8 Å². The largest absolute Gasteiger partial charge is 0.379 e. The van der Waals surface area contributed by atoms with Crippen molar-refractivity contribution in [2.75, 3.05) is 0 Å². The highest BCUT2D eigenvalue weighted by molar-refractivity contribution is 7.60. The van der Waals surface area contributed by atoms with E-state index >= 15 is 0 Å². The molecule has 0 aliphatic heterocycles. The molecule has 5 nitrogen and oxygen atoms in total. The zero-order valence-corrected chi connectivity index (χ0v) is 12.1. The molecule has 0 spiro atoms. The Morgan fingerprint density at radius 1 is 1.22 bits per heavy atom. The third-order valence-electron chi connectivity index (χ3n) is 2.64. The van der Waals surface area contributed by atoms with Gasteiger partial charge < -0.3 is 0 Å². The van der Waals surface area contributed by atoms with Gasteiger partial charge >= 0.3 is 7.44 Å². The monoisotopic (exact) mass is 288 g/mol. The van der Waals surface area contributed by atoms with Crippen molar-refractivity contribution in [2.45, 2.75) is 45.2 Å². The van der Waals surface area contributed by atoms with Crippen LogP contribution in [0.3, 0.4) is 0 Å². The first-order valence-electron chi connectivity index (χ1n) is 5.98. The van der Waals surface area contributed by atoms with Gasteiger partial charge in [-0.05, 0) is 29.9 Å². The van der Waals surface area contributed by atoms with Gasteiger partial charge in [0.25, 0.3) is 0 Å². The lowest BCUT2D eigenvalue weighted by Crippen LogP contribution is -1.83. The fourth-order valence-corrected chi connectivity index (χ4v) is 3.83. The highest BCUT2D eigenvalue weighted by Gasteiger charge is 2.25. The van der Waals surface area contributed by atoms with Crippen molar-refractivity contribution in [3.63, 3.8) is 0 Å². The van der Waals surface area contributed by atoms with E-state index in [1.165, 1.54) is 30.6 Å². The van der Waals surface area contributed by atoms with Crippen molar-refractivity contribution in [3.05, 3.63) is 31.7 Å². The molecule has 0 aliphatic rings. The molecule has 0 saturated carbocycles. The first-order valence-corrected chi connectivity index (χ1v) is 8.66. The summed E-state index contributed by atoms with van der Waals surface area (Å²) in [6.45, 7) is 2.17. The lowest BCUT2D eigenvalue weighted by molar-refractivity contribution is 0.576. The average molecular weight is 288 g/mol. The smallest absolute Gasteiger partial charge is 0.265 e. The molecular weight excluding hydrogens is 271 g/mol. The second-order valence-electron chi connectivity index (χ2n) is 4.22. The van der Waals surface area contributed by atoms with E-state index in [0.29, 0.717) is 0 Å². The molecular formula is C11H17N2O3PS. The third kappa shape index (κ3) is 4.78. The van der Waals surface area contributed by atoms with Crippen LogP contribution in [0.2, 0.25) is 0 Å². The summed E-state index contributed by atoms with van der Waals surface area (Å²) in [5.74, 6) is 0. The molecule has 1 rings (SSSR count). The molecule has 0 bridgehead atoms. The zero-order valence-electron chi connectivity index (χ0n) is 10.4. The Balaban J connectivity index is 2.50. The maximum Gasteiger partial charge on any atom is 0.379 e. The predicted octanol–water partition coefficient (Wildman–Crippen LogP) is 5.10. The summed E-state index contributed by atoms with van der Waals surface area (Å²) >= 11 is 1.40. The number of nitroso groups, excluding NO2 is 2. The van der Waals surface area contributed by atoms with Gasteiger partial charge in [0.2, 0.25) is 0 Å². The Morgan fingerprint density at radius 3 is 2.56 bits per heavy atom. The number of hydrogen-bond acceptors (Lipinski definition) is 4. The van der Waals surface area contributed by atoms with Gasteiger partial charge in [-0.3, -0.25) is 4.57 Å². The number of aryl methyl sites for hydroxylation is 1. The summed E-state index contributed by atoms with van der Waals surface area (Å²) in [7, 11) is -3.78. The second-order valence-corrected chi connectivity index (χ2v) is 7.19. The van der Waals surface area contributed by atoms with Crippen LogP contribution in [0.25, 0.3) is 0 Å². The molecule has 0 fully saturated rings. The van der Waals surface area contributed by atoms with Crippen LogP contribution in [0, 0.1) is 9.81 Å². The third-order valence-corrected chi connectivity index (χ3v) is 5.11. The van der Waals surface area contributed by atoms with Crippen LogP contribution in [-0.4, -0.2) is 0 Å². The Hall–Kier alpha value is -0.870. The minimum Gasteiger partial charge on any atom is -0.265 e. The van der Waals surface area contributed by atoms with Gasteiger partial charge in [-0.2, -0.15) is 0 Å². The van der Waals surface area contributed by atoms with Crippen molar-refractivity contribution in [2.24, 2.45) is 9.89 Å². The van der Waals surface area contributed by atoms with Crippen LogP contribution in [0.4, 0.5) is 0 Å². The fraction of sp³-hybridized carbons (Fsp3) is 0.636. The molecule has 1 aromatic rings. The van der Waals surface area contributed by atoms with Crippen LogP contribution in [0.1, 0.15) is 43.0 Å². The summed E-state index contributed by atoms with van der Waals surface area (Å²) < 4.78 is 11.5. The SMILES string of the molecule is CCCCCCc1csc(CP(=O)(N=O)N=O)c1. The maximum atomic E-state index is 11.5. The number of nitrogens with zero attached hydrogens (tertiary/aromatic N) is 2. The molecule has 0 radical (unpaired) electrons. The number of unbranched alkanes of at least 4 members (excludes halogenated alkanes) is 3. The molecule has 7 heteroatoms. The molecule has 1 aromatic heterocycles. The Labute approximate surface area is 110 Å². The average Bonchev–Trinajstić information content (AvgIpc) is 2.82. The van der Waals surface area contributed by atoms with E-state index in [-0.39, 0.29) is 6.16 Å². The summed E-state index contributed by atoms with van der Waals surface area (Å²) in [5, 5.41) is 1.97. The van der Waals surface area contributed by atoms with Crippen molar-refractivity contribution in [3.8, 4) is 0 Å². The fourth-order valence-electron chi connectivity index (χ4n) is 1.67. The molecule has 0 aliphatic carbocycles. The van der Waals surface area contributed by atoms with Gasteiger partial charge in [-0.1, -0.05) is 26.2 Å². The molecule has 0 aromatic carbocycles. The standard InChI is InChI=1S/C11H17N2O3PS/c1-2-3-4-5-6-10-7-11(18-9-10)8-17(16,12-14)13-15/h7,9H,2-6,8H2,1H3. The van der Waals surface area contributed by atoms with Crippen molar-refractivity contribution < 1.29 is 4.57 Å². The summed E-state index contributed by atoms with van der Waals surface area (Å²) in [6.07, 6.45) is 5.60. The lowest BCUT2D eigenvalue weighted by atomic mass is 10.1. The molecule has 0 atom stereocenters. The molecule has 0 unspecified atom stereocenters. The summed E-state index contributed by atoms with van der Waals surface area (Å²) in [5.41, 5.74) is 1.16. The van der Waals surface area contributed by atoms with Crippen LogP contribution < -0.4 is 0 Å². The van der Waals surface area contributed by atoms with Gasteiger partial charge in [-0.15, -0.1) is 21.2 Å². The number of hydrogen-bond donors (Lipinski definition) is 0. The Kier molecular flexibility index (Phi) is 6.36. The summed E-state index contributed by atoms with van der Waals surface area (Å²) in [4.78, 5) is 26.1. The first-order chi connectivity index (χ1) is 8.63. The van der Waals surface area contributed by atoms with Gasteiger partial charge in [0.05, 0.1) is 6.16 Å². The molecule has 1 heterocycles. The van der Waals surface area contributed by atoms with E-state index in [0.717, 1.165) is 23.3 Å². The predicted molar refractivity (Wildman–Crippen MR) is 75.1 cm³/mol. The molecule has 0 N–H and O–H groups in total. The molecule has 18 heavy (non-hydrogen) atoms. The lowest BCUT2D eigenvalue weighted by Gasteiger charge is -1.98. The normalized spacial score (nSPS) is 11.4. The van der Waals surface area contributed by atoms with E-state index in [1.807, 2.05) is 11.4 Å². The molecule has 100 valence electrons. The van der Waals surface area contributed by atoms with Crippen molar-refractivity contribution in [1.29, 1.82) is 0 Å². The summed E-state index contributed by atoms with van der Waals surface area (Å²) in [6, 6.07) is 1.89. The van der Waals surface area contributed by atoms with E-state index in [2.05, 4.69) is 16.8 Å². The highest BCUT2D eigenvalue weighted by Crippen LogP contribution is 2.52. The highest BCUT2D eigenvalue weighted by atomic mass is 32.1. The molecule has 0 amide bonds. The Morgan fingerprint density at radius 2 is 1.94 bits per heavy atom. The van der Waals surface area contributed by atoms with E-state index in [4.69, 9.17) is 0 Å². The minimum absolute atomic E-state index is 0.139. The van der Waals surface area contributed by atoms with Crippen molar-refractivity contribution in [1.82, 2.24) is 0 Å². The van der Waals surface area contributed by atoms with Gasteiger partial charge in [-0.25, -0.2) is 0 Å². The van der Waals surface area contributed by atoms with Gasteiger partial charge in [0.15, 0.2) is 0 Å². The van der Waals surface area contributed by atoms with E-state index in [9.17, 15) is 14.4 Å². The van der Waals surface area contributed by atoms with Crippen LogP contribution in [-0.2, 0) is 17.1 Å². The number of thiophene rings is 1. The maximum absolute atomic E-state index is 11.5. The second kappa shape index (κ2) is 7.54. The van der Waals surface area contributed by atoms with E-state index in [1.54, 1.807) is 0 Å². The quantitative estimate of drug-likeness (QED) is 0.360. The number of rotatable bonds is 9. The van der Waals surface area contributed by atoms with Gasteiger partial charge in [0.1, 0.15) is 0 Å². The molecule has 0 saturated heterocycles. The topological polar surface area (TPSA) is 75.9 Å². The van der Waals surface area contributed by atoms with Crippen LogP contribution in [0.15, 0.2) is 21.3 Å². The van der Waals surface area contributed by atoms with E-state index < -0.39 is 7.44 Å². The van der Waals surface area contributed by atoms with Crippen molar-refractivity contribution >= 4 is 18.8 Å². The van der Waals surface area contributed by atoms with Crippen LogP contribution in [0.5, 0.6) is 0 Å². The zero-order chi connectivity index (χ0) is 13.4.